The highest BCUT2D eigenvalue weighted by Crippen LogP contribution is 2.15. The molecule has 0 radical (unpaired) electrons. The van der Waals surface area contributed by atoms with Crippen LogP contribution in [0.3, 0.4) is 0 Å². The second-order valence-electron chi connectivity index (χ2n) is 4.69. The second kappa shape index (κ2) is 4.76. The summed E-state index contributed by atoms with van der Waals surface area (Å²) in [7, 11) is 0. The lowest BCUT2D eigenvalue weighted by molar-refractivity contribution is 0.302. The van der Waals surface area contributed by atoms with Crippen molar-refractivity contribution in [3.8, 4) is 0 Å². The smallest absolute Gasteiger partial charge is 0.0456 e. The molecule has 0 fully saturated rings. The molecule has 2 aromatic rings. The van der Waals surface area contributed by atoms with Crippen molar-refractivity contribution < 1.29 is 0 Å². The van der Waals surface area contributed by atoms with Gasteiger partial charge in [-0.25, -0.2) is 0 Å². The number of aromatic amines is 1. The van der Waals surface area contributed by atoms with Gasteiger partial charge in [0.05, 0.1) is 0 Å². The third-order valence-electron chi connectivity index (χ3n) is 3.43. The topological polar surface area (TPSA) is 19.0 Å². The van der Waals surface area contributed by atoms with E-state index in [0.29, 0.717) is 0 Å². The molecule has 1 aromatic heterocycles. The summed E-state index contributed by atoms with van der Waals surface area (Å²) >= 11 is 0. The molecule has 0 atom stereocenters. The van der Waals surface area contributed by atoms with Crippen molar-refractivity contribution >= 4 is 10.9 Å². The van der Waals surface area contributed by atoms with Gasteiger partial charge < -0.3 is 4.98 Å². The van der Waals surface area contributed by atoms with Crippen LogP contribution >= 0.6 is 0 Å². The van der Waals surface area contributed by atoms with Crippen molar-refractivity contribution in [2.75, 3.05) is 19.6 Å². The van der Waals surface area contributed by atoms with Crippen molar-refractivity contribution in [3.05, 3.63) is 48.2 Å². The molecule has 1 N–H and O–H groups in total. The van der Waals surface area contributed by atoms with Crippen molar-refractivity contribution in [3.63, 3.8) is 0 Å². The zero-order valence-electron chi connectivity index (χ0n) is 10.0. The Bertz CT molecular complexity index is 491. The molecule has 0 bridgehead atoms. The van der Waals surface area contributed by atoms with Crippen LogP contribution in [-0.4, -0.2) is 29.5 Å². The Hall–Kier alpha value is -1.54. The third-order valence-corrected chi connectivity index (χ3v) is 3.43. The molecule has 2 heteroatoms. The zero-order chi connectivity index (χ0) is 11.5. The minimum absolute atomic E-state index is 1.11. The molecule has 88 valence electrons. The van der Waals surface area contributed by atoms with Gasteiger partial charge in [0.2, 0.25) is 0 Å². The van der Waals surface area contributed by atoms with E-state index in [1.54, 1.807) is 0 Å². The number of nitrogens with zero attached hydrogens (tertiary/aromatic N) is 1. The van der Waals surface area contributed by atoms with Gasteiger partial charge in [-0.05, 0) is 23.9 Å². The lowest BCUT2D eigenvalue weighted by atomic mass is 10.2. The summed E-state index contributed by atoms with van der Waals surface area (Å²) in [5, 5.41) is 1.32. The lowest BCUT2D eigenvalue weighted by Crippen LogP contribution is -2.29. The van der Waals surface area contributed by atoms with E-state index >= 15 is 0 Å². The van der Waals surface area contributed by atoms with Crippen molar-refractivity contribution in [1.82, 2.24) is 9.88 Å². The number of para-hydroxylation sites is 1. The molecule has 1 aliphatic heterocycles. The first-order valence-corrected chi connectivity index (χ1v) is 6.36. The van der Waals surface area contributed by atoms with Gasteiger partial charge >= 0.3 is 0 Å². The monoisotopic (exact) mass is 226 g/mol. The lowest BCUT2D eigenvalue weighted by Gasteiger charge is -2.22. The molecule has 17 heavy (non-hydrogen) atoms. The normalized spacial score (nSPS) is 16.7. The van der Waals surface area contributed by atoms with Crippen LogP contribution in [0.25, 0.3) is 10.9 Å². The molecular formula is C15H18N2. The second-order valence-corrected chi connectivity index (χ2v) is 4.69. The van der Waals surface area contributed by atoms with E-state index < -0.39 is 0 Å². The summed E-state index contributed by atoms with van der Waals surface area (Å²) in [6, 6.07) is 10.8. The fourth-order valence-electron chi connectivity index (χ4n) is 2.44. The average molecular weight is 226 g/mol. The predicted octanol–water partition coefficient (Wildman–Crippen LogP) is 2.97. The molecule has 2 nitrogen and oxygen atoms in total. The van der Waals surface area contributed by atoms with E-state index in [1.807, 2.05) is 0 Å². The van der Waals surface area contributed by atoms with Crippen LogP contribution in [0.2, 0.25) is 0 Å². The van der Waals surface area contributed by atoms with Gasteiger partial charge in [-0.2, -0.15) is 0 Å². The Morgan fingerprint density at radius 2 is 2.12 bits per heavy atom. The first-order valence-electron chi connectivity index (χ1n) is 6.36. The number of fused-ring (bicyclic) bond motifs is 1. The van der Waals surface area contributed by atoms with Gasteiger partial charge in [0, 0.05) is 37.3 Å². The number of hydrogen-bond donors (Lipinski definition) is 1. The van der Waals surface area contributed by atoms with Crippen LogP contribution in [-0.2, 0) is 6.42 Å². The summed E-state index contributed by atoms with van der Waals surface area (Å²) in [5.41, 5.74) is 2.60. The van der Waals surface area contributed by atoms with Gasteiger partial charge in [0.1, 0.15) is 0 Å². The Labute approximate surface area is 102 Å². The van der Waals surface area contributed by atoms with Gasteiger partial charge in [-0.1, -0.05) is 30.4 Å². The number of H-pyrrole nitrogens is 1. The summed E-state index contributed by atoms with van der Waals surface area (Å²) in [5.74, 6) is 0. The molecule has 0 spiro atoms. The van der Waals surface area contributed by atoms with Crippen molar-refractivity contribution in [2.45, 2.75) is 12.8 Å². The van der Waals surface area contributed by atoms with E-state index in [-0.39, 0.29) is 0 Å². The van der Waals surface area contributed by atoms with Crippen LogP contribution in [0.1, 0.15) is 12.1 Å². The molecule has 0 saturated carbocycles. The molecule has 0 amide bonds. The maximum absolute atomic E-state index is 3.49. The molecule has 0 saturated heterocycles. The van der Waals surface area contributed by atoms with Crippen molar-refractivity contribution in [2.24, 2.45) is 0 Å². The summed E-state index contributed by atoms with van der Waals surface area (Å²) in [4.78, 5) is 6.00. The zero-order valence-corrected chi connectivity index (χ0v) is 10.0. The number of aromatic nitrogens is 1. The molecule has 2 heterocycles. The highest BCUT2D eigenvalue weighted by atomic mass is 15.1. The highest BCUT2D eigenvalue weighted by Gasteiger charge is 2.07. The number of rotatable bonds is 3. The molecular weight excluding hydrogens is 208 g/mol. The quantitative estimate of drug-likeness (QED) is 0.797. The number of nitrogens with one attached hydrogen (secondary N) is 1. The Kier molecular flexibility index (Phi) is 2.97. The highest BCUT2D eigenvalue weighted by molar-refractivity contribution is 5.80. The minimum atomic E-state index is 1.11. The molecule has 1 aromatic carbocycles. The van der Waals surface area contributed by atoms with E-state index in [2.05, 4.69) is 52.4 Å². The first-order chi connectivity index (χ1) is 8.42. The van der Waals surface area contributed by atoms with E-state index in [9.17, 15) is 0 Å². The van der Waals surface area contributed by atoms with E-state index in [1.165, 1.54) is 29.6 Å². The summed E-state index contributed by atoms with van der Waals surface area (Å²) < 4.78 is 0. The van der Waals surface area contributed by atoms with Crippen molar-refractivity contribution in [1.29, 1.82) is 0 Å². The average Bonchev–Trinajstić information content (AvgIpc) is 2.80. The summed E-state index contributed by atoms with van der Waals surface area (Å²) in [6.07, 6.45) is 6.86. The van der Waals surface area contributed by atoms with E-state index in [4.69, 9.17) is 0 Å². The van der Waals surface area contributed by atoms with Gasteiger partial charge in [0.15, 0.2) is 0 Å². The Morgan fingerprint density at radius 1 is 1.18 bits per heavy atom. The third kappa shape index (κ3) is 2.42. The molecule has 1 aliphatic rings. The SMILES string of the molecule is C1=CCN(CCc2cc3ccccc3[nH]2)CC1. The maximum atomic E-state index is 3.49. The summed E-state index contributed by atoms with van der Waals surface area (Å²) in [6.45, 7) is 3.47. The Balaban J connectivity index is 1.66. The van der Waals surface area contributed by atoms with Crippen LogP contribution in [0.15, 0.2) is 42.5 Å². The molecule has 0 unspecified atom stereocenters. The van der Waals surface area contributed by atoms with Crippen LogP contribution in [0.4, 0.5) is 0 Å². The van der Waals surface area contributed by atoms with Crippen LogP contribution in [0.5, 0.6) is 0 Å². The standard InChI is InChI=1S/C15H18N2/c1-4-9-17(10-5-1)11-8-14-12-13-6-2-3-7-15(13)16-14/h1-4,6-7,12,16H,5,8-11H2. The minimum Gasteiger partial charge on any atom is -0.358 e. The van der Waals surface area contributed by atoms with Gasteiger partial charge in [-0.3, -0.25) is 4.90 Å². The Morgan fingerprint density at radius 3 is 2.94 bits per heavy atom. The van der Waals surface area contributed by atoms with E-state index in [0.717, 1.165) is 19.5 Å². The number of benzene rings is 1. The van der Waals surface area contributed by atoms with Gasteiger partial charge in [0.25, 0.3) is 0 Å². The fraction of sp³-hybridized carbons (Fsp3) is 0.333. The predicted molar refractivity (Wildman–Crippen MR) is 72.2 cm³/mol. The molecule has 0 aliphatic carbocycles. The van der Waals surface area contributed by atoms with Crippen LogP contribution < -0.4 is 0 Å². The van der Waals surface area contributed by atoms with Gasteiger partial charge in [-0.15, -0.1) is 0 Å². The fourth-order valence-corrected chi connectivity index (χ4v) is 2.44. The van der Waals surface area contributed by atoms with Crippen LogP contribution in [0, 0.1) is 0 Å². The first kappa shape index (κ1) is 10.6. The molecule has 3 rings (SSSR count). The maximum Gasteiger partial charge on any atom is 0.0456 e. The number of hydrogen-bond acceptors (Lipinski definition) is 1. The largest absolute Gasteiger partial charge is 0.358 e.